The Balaban J connectivity index is 2.02. The van der Waals surface area contributed by atoms with Gasteiger partial charge < -0.3 is 14.7 Å². The van der Waals surface area contributed by atoms with Crippen molar-refractivity contribution in [3.05, 3.63) is 23.0 Å². The first kappa shape index (κ1) is 10.8. The fourth-order valence-corrected chi connectivity index (χ4v) is 3.52. The second kappa shape index (κ2) is 4.15. The SMILES string of the molecule is O=c1[nH]cnc2c1ncn2[C@@H]1C[C@H](CO)CS1. The summed E-state index contributed by atoms with van der Waals surface area (Å²) in [4.78, 5) is 22.3. The van der Waals surface area contributed by atoms with E-state index in [0.717, 1.165) is 12.2 Å². The lowest BCUT2D eigenvalue weighted by Crippen LogP contribution is -2.09. The molecule has 0 saturated carbocycles. The number of hydrogen-bond donors (Lipinski definition) is 2. The summed E-state index contributed by atoms with van der Waals surface area (Å²) in [7, 11) is 0. The van der Waals surface area contributed by atoms with Gasteiger partial charge >= 0.3 is 0 Å². The van der Waals surface area contributed by atoms with Crippen molar-refractivity contribution in [3.63, 3.8) is 0 Å². The van der Waals surface area contributed by atoms with E-state index < -0.39 is 0 Å². The van der Waals surface area contributed by atoms with Crippen molar-refractivity contribution < 1.29 is 5.11 Å². The van der Waals surface area contributed by atoms with Crippen molar-refractivity contribution in [2.75, 3.05) is 12.4 Å². The molecule has 1 aliphatic heterocycles. The molecule has 17 heavy (non-hydrogen) atoms. The Morgan fingerprint density at radius 3 is 3.24 bits per heavy atom. The fourth-order valence-electron chi connectivity index (χ4n) is 2.06. The average molecular weight is 252 g/mol. The van der Waals surface area contributed by atoms with E-state index >= 15 is 0 Å². The van der Waals surface area contributed by atoms with Gasteiger partial charge in [-0.3, -0.25) is 4.79 Å². The average Bonchev–Trinajstić information content (AvgIpc) is 2.94. The number of aromatic amines is 1. The number of imidazole rings is 1. The van der Waals surface area contributed by atoms with Gasteiger partial charge in [-0.15, -0.1) is 11.8 Å². The summed E-state index contributed by atoms with van der Waals surface area (Å²) in [5, 5.41) is 9.34. The van der Waals surface area contributed by atoms with E-state index in [9.17, 15) is 4.79 Å². The standard InChI is InChI=1S/C10H12N4O2S/c15-2-6-1-7(17-3-6)14-5-13-8-9(14)11-4-12-10(8)16/h4-7,15H,1-3H2,(H,11,12,16)/t6-,7+/m1/s1. The molecule has 0 aromatic carbocycles. The monoisotopic (exact) mass is 252 g/mol. The quantitative estimate of drug-likeness (QED) is 0.806. The second-order valence-corrected chi connectivity index (χ2v) is 5.34. The van der Waals surface area contributed by atoms with Gasteiger partial charge in [0.2, 0.25) is 0 Å². The summed E-state index contributed by atoms with van der Waals surface area (Å²) in [6.07, 6.45) is 3.94. The summed E-state index contributed by atoms with van der Waals surface area (Å²) in [6.45, 7) is 0.212. The zero-order chi connectivity index (χ0) is 11.8. The molecule has 1 saturated heterocycles. The van der Waals surface area contributed by atoms with Gasteiger partial charge in [0.25, 0.3) is 5.56 Å². The molecule has 0 spiro atoms. The van der Waals surface area contributed by atoms with Crippen molar-refractivity contribution in [2.24, 2.45) is 5.92 Å². The molecule has 2 aromatic rings. The minimum atomic E-state index is -0.213. The molecule has 0 bridgehead atoms. The smallest absolute Gasteiger partial charge is 0.278 e. The zero-order valence-corrected chi connectivity index (χ0v) is 9.85. The van der Waals surface area contributed by atoms with Crippen molar-refractivity contribution in [1.29, 1.82) is 0 Å². The molecule has 3 heterocycles. The molecule has 90 valence electrons. The van der Waals surface area contributed by atoms with Crippen LogP contribution in [0.2, 0.25) is 0 Å². The molecular weight excluding hydrogens is 240 g/mol. The Labute approximate surface area is 101 Å². The molecular formula is C10H12N4O2S. The molecule has 2 N–H and O–H groups in total. The van der Waals surface area contributed by atoms with Crippen LogP contribution in [-0.2, 0) is 0 Å². The molecule has 6 nitrogen and oxygen atoms in total. The third kappa shape index (κ3) is 1.75. The van der Waals surface area contributed by atoms with Crippen LogP contribution in [-0.4, -0.2) is 37.0 Å². The minimum absolute atomic E-state index is 0.212. The van der Waals surface area contributed by atoms with Gasteiger partial charge in [-0.25, -0.2) is 9.97 Å². The number of nitrogens with one attached hydrogen (secondary N) is 1. The Bertz CT molecular complexity index is 593. The van der Waals surface area contributed by atoms with Gasteiger partial charge in [-0.2, -0.15) is 0 Å². The van der Waals surface area contributed by atoms with Crippen LogP contribution in [0.5, 0.6) is 0 Å². The van der Waals surface area contributed by atoms with E-state index in [0.29, 0.717) is 17.1 Å². The first-order valence-corrected chi connectivity index (χ1v) is 6.47. The highest BCUT2D eigenvalue weighted by Crippen LogP contribution is 2.39. The van der Waals surface area contributed by atoms with Crippen LogP contribution >= 0.6 is 11.8 Å². The van der Waals surface area contributed by atoms with Gasteiger partial charge in [0.15, 0.2) is 11.2 Å². The highest BCUT2D eigenvalue weighted by molar-refractivity contribution is 7.99. The molecule has 1 fully saturated rings. The Kier molecular flexibility index (Phi) is 2.64. The van der Waals surface area contributed by atoms with Crippen molar-refractivity contribution >= 4 is 22.9 Å². The molecule has 2 aromatic heterocycles. The number of H-pyrrole nitrogens is 1. The molecule has 7 heteroatoms. The summed E-state index contributed by atoms with van der Waals surface area (Å²) in [5.41, 5.74) is 0.779. The van der Waals surface area contributed by atoms with Crippen LogP contribution in [0.1, 0.15) is 11.8 Å². The Morgan fingerprint density at radius 1 is 1.59 bits per heavy atom. The maximum Gasteiger partial charge on any atom is 0.278 e. The number of rotatable bonds is 2. The summed E-state index contributed by atoms with van der Waals surface area (Å²) in [5.74, 6) is 1.26. The normalized spacial score (nSPS) is 24.5. The van der Waals surface area contributed by atoms with E-state index in [4.69, 9.17) is 5.11 Å². The largest absolute Gasteiger partial charge is 0.396 e. The topological polar surface area (TPSA) is 83.8 Å². The predicted octanol–water partition coefficient (Wildman–Crippen LogP) is 0.364. The van der Waals surface area contributed by atoms with Gasteiger partial charge in [0.05, 0.1) is 18.0 Å². The van der Waals surface area contributed by atoms with E-state index in [1.807, 2.05) is 4.57 Å². The van der Waals surface area contributed by atoms with Gasteiger partial charge in [-0.05, 0) is 12.3 Å². The molecule has 3 rings (SSSR count). The first-order valence-electron chi connectivity index (χ1n) is 5.42. The van der Waals surface area contributed by atoms with Crippen molar-refractivity contribution in [1.82, 2.24) is 19.5 Å². The van der Waals surface area contributed by atoms with Crippen LogP contribution in [0.4, 0.5) is 0 Å². The number of fused-ring (bicyclic) bond motifs is 1. The van der Waals surface area contributed by atoms with Crippen molar-refractivity contribution in [3.8, 4) is 0 Å². The molecule has 0 amide bonds. The maximum absolute atomic E-state index is 11.5. The fraction of sp³-hybridized carbons (Fsp3) is 0.500. The molecule has 0 unspecified atom stereocenters. The second-order valence-electron chi connectivity index (χ2n) is 4.13. The van der Waals surface area contributed by atoms with E-state index in [2.05, 4.69) is 15.0 Å². The number of thioether (sulfide) groups is 1. The van der Waals surface area contributed by atoms with Gasteiger partial charge in [-0.1, -0.05) is 0 Å². The lowest BCUT2D eigenvalue weighted by Gasteiger charge is -2.11. The van der Waals surface area contributed by atoms with Crippen LogP contribution < -0.4 is 5.56 Å². The van der Waals surface area contributed by atoms with Crippen LogP contribution in [0.25, 0.3) is 11.2 Å². The van der Waals surface area contributed by atoms with E-state index in [1.165, 1.54) is 6.33 Å². The van der Waals surface area contributed by atoms with Crippen LogP contribution in [0.15, 0.2) is 17.4 Å². The number of nitrogens with zero attached hydrogens (tertiary/aromatic N) is 3. The zero-order valence-electron chi connectivity index (χ0n) is 9.04. The van der Waals surface area contributed by atoms with E-state index in [-0.39, 0.29) is 17.5 Å². The third-order valence-corrected chi connectivity index (χ3v) is 4.46. The van der Waals surface area contributed by atoms with E-state index in [1.54, 1.807) is 18.1 Å². The van der Waals surface area contributed by atoms with Gasteiger partial charge in [0.1, 0.15) is 0 Å². The van der Waals surface area contributed by atoms with Crippen LogP contribution in [0.3, 0.4) is 0 Å². The van der Waals surface area contributed by atoms with Crippen LogP contribution in [0, 0.1) is 5.92 Å². The first-order chi connectivity index (χ1) is 8.29. The summed E-state index contributed by atoms with van der Waals surface area (Å²) < 4.78 is 1.92. The molecule has 0 radical (unpaired) electrons. The Morgan fingerprint density at radius 2 is 2.47 bits per heavy atom. The number of aliphatic hydroxyl groups excluding tert-OH is 1. The lowest BCUT2D eigenvalue weighted by molar-refractivity contribution is 0.233. The minimum Gasteiger partial charge on any atom is -0.396 e. The number of hydrogen-bond acceptors (Lipinski definition) is 5. The summed E-state index contributed by atoms with van der Waals surface area (Å²) in [6, 6.07) is 0. The maximum atomic E-state index is 11.5. The Hall–Kier alpha value is -1.34. The molecule has 1 aliphatic rings. The highest BCUT2D eigenvalue weighted by Gasteiger charge is 2.27. The number of aromatic nitrogens is 4. The van der Waals surface area contributed by atoms with Crippen molar-refractivity contribution in [2.45, 2.75) is 11.8 Å². The number of aliphatic hydroxyl groups is 1. The predicted molar refractivity (Wildman–Crippen MR) is 64.8 cm³/mol. The summed E-state index contributed by atoms with van der Waals surface area (Å²) >= 11 is 1.76. The third-order valence-electron chi connectivity index (χ3n) is 2.99. The van der Waals surface area contributed by atoms with Gasteiger partial charge in [0, 0.05) is 12.4 Å². The molecule has 0 aliphatic carbocycles. The molecule has 2 atom stereocenters. The lowest BCUT2D eigenvalue weighted by atomic mass is 10.1. The highest BCUT2D eigenvalue weighted by atomic mass is 32.2.